The molecule has 0 aliphatic heterocycles. The number of halogens is 1. The third-order valence-electron chi connectivity index (χ3n) is 1.74. The van der Waals surface area contributed by atoms with Crippen LogP contribution in [0.15, 0.2) is 18.2 Å². The number of aliphatic hydroxyl groups excluding tert-OH is 1. The fourth-order valence-electron chi connectivity index (χ4n) is 1.05. The molecule has 0 spiro atoms. The molecule has 0 bridgehead atoms. The predicted molar refractivity (Wildman–Crippen MR) is 48.2 cm³/mol. The lowest BCUT2D eigenvalue weighted by Crippen LogP contribution is -1.97. The van der Waals surface area contributed by atoms with Crippen molar-refractivity contribution in [2.24, 2.45) is 0 Å². The lowest BCUT2D eigenvalue weighted by atomic mass is 10.1. The summed E-state index contributed by atoms with van der Waals surface area (Å²) in [6, 6.07) is 4.36. The van der Waals surface area contributed by atoms with Gasteiger partial charge in [-0.3, -0.25) is 0 Å². The molecule has 0 aliphatic rings. The molecule has 0 amide bonds. The molecule has 0 aromatic heterocycles. The third kappa shape index (κ3) is 2.42. The van der Waals surface area contributed by atoms with Gasteiger partial charge >= 0.3 is 0 Å². The van der Waals surface area contributed by atoms with Crippen molar-refractivity contribution < 1.29 is 14.2 Å². The Labute approximate surface area is 77.0 Å². The number of hydrogen-bond acceptors (Lipinski definition) is 2. The largest absolute Gasteiger partial charge is 0.491 e. The van der Waals surface area contributed by atoms with E-state index in [0.29, 0.717) is 12.2 Å². The van der Waals surface area contributed by atoms with Gasteiger partial charge in [0.05, 0.1) is 12.7 Å². The van der Waals surface area contributed by atoms with Crippen molar-refractivity contribution in [2.45, 2.75) is 20.0 Å². The first-order valence-corrected chi connectivity index (χ1v) is 4.25. The van der Waals surface area contributed by atoms with Gasteiger partial charge in [-0.25, -0.2) is 4.39 Å². The van der Waals surface area contributed by atoms with Gasteiger partial charge in [0.1, 0.15) is 0 Å². The lowest BCUT2D eigenvalue weighted by Gasteiger charge is -2.08. The van der Waals surface area contributed by atoms with Gasteiger partial charge in [-0.05, 0) is 31.5 Å². The summed E-state index contributed by atoms with van der Waals surface area (Å²) >= 11 is 0. The lowest BCUT2D eigenvalue weighted by molar-refractivity contribution is 0.198. The molecule has 2 nitrogen and oxygen atoms in total. The van der Waals surface area contributed by atoms with Gasteiger partial charge in [-0.2, -0.15) is 0 Å². The molecule has 72 valence electrons. The summed E-state index contributed by atoms with van der Waals surface area (Å²) in [5.74, 6) is -0.202. The highest BCUT2D eigenvalue weighted by Crippen LogP contribution is 2.22. The highest BCUT2D eigenvalue weighted by atomic mass is 19.1. The predicted octanol–water partition coefficient (Wildman–Crippen LogP) is 2.28. The van der Waals surface area contributed by atoms with Crippen molar-refractivity contribution in [1.82, 2.24) is 0 Å². The molecule has 0 fully saturated rings. The molecule has 1 unspecified atom stereocenters. The summed E-state index contributed by atoms with van der Waals surface area (Å²) in [4.78, 5) is 0. The van der Waals surface area contributed by atoms with Crippen LogP contribution in [0.25, 0.3) is 0 Å². The Bertz CT molecular complexity index is 284. The van der Waals surface area contributed by atoms with Crippen molar-refractivity contribution >= 4 is 0 Å². The van der Waals surface area contributed by atoms with Gasteiger partial charge in [0.15, 0.2) is 11.6 Å². The summed E-state index contributed by atoms with van der Waals surface area (Å²) in [6.45, 7) is 3.83. The molecule has 1 aromatic carbocycles. The highest BCUT2D eigenvalue weighted by Gasteiger charge is 2.06. The summed E-state index contributed by atoms with van der Waals surface area (Å²) in [5, 5.41) is 9.23. The zero-order valence-corrected chi connectivity index (χ0v) is 7.75. The van der Waals surface area contributed by atoms with Gasteiger partial charge in [0.2, 0.25) is 0 Å². The fourth-order valence-corrected chi connectivity index (χ4v) is 1.05. The number of rotatable bonds is 3. The van der Waals surface area contributed by atoms with Crippen molar-refractivity contribution in [3.05, 3.63) is 29.6 Å². The van der Waals surface area contributed by atoms with Gasteiger partial charge in [-0.1, -0.05) is 6.07 Å². The van der Waals surface area contributed by atoms with Crippen LogP contribution in [0.4, 0.5) is 4.39 Å². The van der Waals surface area contributed by atoms with E-state index in [9.17, 15) is 9.50 Å². The molecule has 0 heterocycles. The van der Waals surface area contributed by atoms with Crippen LogP contribution in [0.2, 0.25) is 0 Å². The zero-order valence-electron chi connectivity index (χ0n) is 7.75. The first-order valence-electron chi connectivity index (χ1n) is 4.25. The van der Waals surface area contributed by atoms with Crippen molar-refractivity contribution in [2.75, 3.05) is 6.61 Å². The maximum Gasteiger partial charge on any atom is 0.165 e. The minimum Gasteiger partial charge on any atom is -0.491 e. The molecule has 0 saturated carbocycles. The minimum absolute atomic E-state index is 0.195. The van der Waals surface area contributed by atoms with Crippen molar-refractivity contribution in [1.29, 1.82) is 0 Å². The Morgan fingerprint density at radius 1 is 1.54 bits per heavy atom. The molecule has 0 aliphatic carbocycles. The van der Waals surface area contributed by atoms with Gasteiger partial charge in [0.25, 0.3) is 0 Å². The van der Waals surface area contributed by atoms with Crippen molar-refractivity contribution in [3.8, 4) is 5.75 Å². The van der Waals surface area contributed by atoms with Gasteiger partial charge in [0, 0.05) is 0 Å². The fraction of sp³-hybridized carbons (Fsp3) is 0.400. The average molecular weight is 184 g/mol. The Morgan fingerprint density at radius 3 is 2.77 bits per heavy atom. The van der Waals surface area contributed by atoms with Gasteiger partial charge < -0.3 is 9.84 Å². The molecule has 3 heteroatoms. The first-order chi connectivity index (χ1) is 6.15. The molecule has 13 heavy (non-hydrogen) atoms. The topological polar surface area (TPSA) is 29.5 Å². The number of aliphatic hydroxyl groups is 1. The summed E-state index contributed by atoms with van der Waals surface area (Å²) in [6.07, 6.45) is -0.597. The zero-order chi connectivity index (χ0) is 9.84. The van der Waals surface area contributed by atoms with E-state index in [0.717, 1.165) is 0 Å². The normalized spacial score (nSPS) is 12.6. The molecule has 1 atom stereocenters. The van der Waals surface area contributed by atoms with E-state index in [2.05, 4.69) is 0 Å². The molecule has 1 rings (SSSR count). The standard InChI is InChI=1S/C10H13FO2/c1-3-13-10-6-8(7(2)12)4-5-9(10)11/h4-7,12H,3H2,1-2H3. The van der Waals surface area contributed by atoms with E-state index in [1.165, 1.54) is 12.1 Å². The summed E-state index contributed by atoms with van der Waals surface area (Å²) < 4.78 is 18.1. The number of hydrogen-bond donors (Lipinski definition) is 1. The van der Waals surface area contributed by atoms with Crippen LogP contribution < -0.4 is 4.74 Å². The Kier molecular flexibility index (Phi) is 3.25. The molecular weight excluding hydrogens is 171 g/mol. The molecule has 1 aromatic rings. The molecular formula is C10H13FO2. The van der Waals surface area contributed by atoms with Crippen LogP contribution in [-0.2, 0) is 0 Å². The average Bonchev–Trinajstić information content (AvgIpc) is 2.08. The number of ether oxygens (including phenoxy) is 1. The summed E-state index contributed by atoms with van der Waals surface area (Å²) in [5.41, 5.74) is 0.657. The molecule has 0 radical (unpaired) electrons. The maximum absolute atomic E-state index is 13.0. The van der Waals surface area contributed by atoms with E-state index in [1.807, 2.05) is 0 Å². The monoisotopic (exact) mass is 184 g/mol. The quantitative estimate of drug-likeness (QED) is 0.780. The van der Waals surface area contributed by atoms with Crippen LogP contribution in [0.5, 0.6) is 5.75 Å². The third-order valence-corrected chi connectivity index (χ3v) is 1.74. The van der Waals surface area contributed by atoms with Crippen LogP contribution in [-0.4, -0.2) is 11.7 Å². The molecule has 0 saturated heterocycles. The van der Waals surface area contributed by atoms with E-state index < -0.39 is 11.9 Å². The van der Waals surface area contributed by atoms with Crippen LogP contribution >= 0.6 is 0 Å². The Hall–Kier alpha value is -1.09. The maximum atomic E-state index is 13.0. The second kappa shape index (κ2) is 4.23. The SMILES string of the molecule is CCOc1cc(C(C)O)ccc1F. The van der Waals surface area contributed by atoms with Crippen LogP contribution in [0.3, 0.4) is 0 Å². The van der Waals surface area contributed by atoms with Gasteiger partial charge in [-0.15, -0.1) is 0 Å². The second-order valence-corrected chi connectivity index (χ2v) is 2.80. The Balaban J connectivity index is 2.97. The first kappa shape index (κ1) is 9.99. The highest BCUT2D eigenvalue weighted by molar-refractivity contribution is 5.31. The smallest absolute Gasteiger partial charge is 0.165 e. The second-order valence-electron chi connectivity index (χ2n) is 2.80. The summed E-state index contributed by atoms with van der Waals surface area (Å²) in [7, 11) is 0. The van der Waals surface area contributed by atoms with Crippen LogP contribution in [0.1, 0.15) is 25.5 Å². The van der Waals surface area contributed by atoms with E-state index in [1.54, 1.807) is 19.9 Å². The Morgan fingerprint density at radius 2 is 2.23 bits per heavy atom. The van der Waals surface area contributed by atoms with Crippen molar-refractivity contribution in [3.63, 3.8) is 0 Å². The van der Waals surface area contributed by atoms with Crippen LogP contribution in [0, 0.1) is 5.82 Å². The minimum atomic E-state index is -0.597. The molecule has 1 N–H and O–H groups in total. The van der Waals surface area contributed by atoms with E-state index >= 15 is 0 Å². The number of benzene rings is 1. The van der Waals surface area contributed by atoms with E-state index in [-0.39, 0.29) is 5.75 Å². The van der Waals surface area contributed by atoms with E-state index in [4.69, 9.17) is 4.74 Å².